The number of thiophene rings is 1. The van der Waals surface area contributed by atoms with Crippen molar-refractivity contribution in [2.75, 3.05) is 12.3 Å². The van der Waals surface area contributed by atoms with Crippen LogP contribution in [0.4, 0.5) is 18.9 Å². The van der Waals surface area contributed by atoms with Crippen molar-refractivity contribution in [2.24, 2.45) is 0 Å². The number of carbonyl (C=O) groups is 1. The number of alkyl halides is 3. The minimum atomic E-state index is -4.72. The zero-order chi connectivity index (χ0) is 29.3. The number of benzene rings is 1. The van der Waals surface area contributed by atoms with E-state index in [1.165, 1.54) is 30.3 Å². The maximum atomic E-state index is 13.2. The lowest BCUT2D eigenvalue weighted by atomic mass is 10.1. The lowest BCUT2D eigenvalue weighted by molar-refractivity contribution is -0.142. The van der Waals surface area contributed by atoms with E-state index in [0.717, 1.165) is 23.6 Å². The SMILES string of the molecule is CC(C)(CO)NS(=O)(=O)c1cc(N)c(Cl)s1.O=C(O)c1cnn2c(C(F)(F)F)cc(-c3ccc(Cl)cc3)nc12. The number of aromatic nitrogens is 3. The second-order valence-corrected chi connectivity index (χ2v) is 12.6. The van der Waals surface area contributed by atoms with E-state index in [4.69, 9.17) is 39.1 Å². The van der Waals surface area contributed by atoms with Gasteiger partial charge in [-0.05, 0) is 38.1 Å². The van der Waals surface area contributed by atoms with E-state index in [9.17, 15) is 26.4 Å². The van der Waals surface area contributed by atoms with Gasteiger partial charge in [0.25, 0.3) is 10.0 Å². The number of carboxylic acids is 1. The van der Waals surface area contributed by atoms with Crippen molar-refractivity contribution in [3.63, 3.8) is 0 Å². The number of fused-ring (bicyclic) bond motifs is 1. The molecule has 10 nitrogen and oxygen atoms in total. The molecule has 210 valence electrons. The van der Waals surface area contributed by atoms with Gasteiger partial charge >= 0.3 is 12.1 Å². The monoisotopic (exact) mass is 625 g/mol. The number of carboxylic acid groups (broad SMARTS) is 1. The first-order valence-corrected chi connectivity index (χ1v) is 13.7. The fourth-order valence-corrected chi connectivity index (χ4v) is 6.12. The molecule has 5 N–H and O–H groups in total. The summed E-state index contributed by atoms with van der Waals surface area (Å²) in [6.45, 7) is 2.84. The summed E-state index contributed by atoms with van der Waals surface area (Å²) < 4.78 is 66.5. The predicted octanol–water partition coefficient (Wildman–Crippen LogP) is 4.80. The van der Waals surface area contributed by atoms with E-state index in [2.05, 4.69) is 14.8 Å². The largest absolute Gasteiger partial charge is 0.477 e. The summed E-state index contributed by atoms with van der Waals surface area (Å²) in [5, 5.41) is 22.0. The number of sulfonamides is 1. The molecule has 0 aliphatic rings. The molecular formula is C22H20Cl2F3N5O5S2. The molecule has 0 bridgehead atoms. The summed E-state index contributed by atoms with van der Waals surface area (Å²) in [4.78, 5) is 15.1. The summed E-state index contributed by atoms with van der Waals surface area (Å²) in [5.74, 6) is -1.41. The molecule has 39 heavy (non-hydrogen) atoms. The van der Waals surface area contributed by atoms with Crippen molar-refractivity contribution in [1.82, 2.24) is 19.3 Å². The highest BCUT2D eigenvalue weighted by Crippen LogP contribution is 2.34. The minimum Gasteiger partial charge on any atom is -0.477 e. The van der Waals surface area contributed by atoms with Crippen molar-refractivity contribution >= 4 is 61.9 Å². The summed E-state index contributed by atoms with van der Waals surface area (Å²) in [6.07, 6.45) is -3.88. The second-order valence-electron chi connectivity index (χ2n) is 8.57. The summed E-state index contributed by atoms with van der Waals surface area (Å²) in [5.41, 5.74) is 3.23. The number of aromatic carboxylic acids is 1. The molecule has 4 aromatic rings. The average molecular weight is 626 g/mol. The lowest BCUT2D eigenvalue weighted by Crippen LogP contribution is -2.45. The van der Waals surface area contributed by atoms with Crippen LogP contribution in [0.3, 0.4) is 0 Å². The number of nitrogens with zero attached hydrogens (tertiary/aromatic N) is 3. The first-order valence-electron chi connectivity index (χ1n) is 10.6. The molecule has 3 aromatic heterocycles. The predicted molar refractivity (Wildman–Crippen MR) is 141 cm³/mol. The maximum Gasteiger partial charge on any atom is 0.433 e. The molecule has 17 heteroatoms. The number of rotatable bonds is 6. The number of nitrogens with one attached hydrogen (secondary N) is 1. The van der Waals surface area contributed by atoms with E-state index in [-0.39, 0.29) is 32.2 Å². The number of anilines is 1. The van der Waals surface area contributed by atoms with E-state index in [1.54, 1.807) is 13.8 Å². The third-order valence-corrected chi connectivity index (χ3v) is 8.71. The van der Waals surface area contributed by atoms with Gasteiger partial charge in [0.15, 0.2) is 11.3 Å². The van der Waals surface area contributed by atoms with E-state index in [0.29, 0.717) is 15.1 Å². The molecule has 4 rings (SSSR count). The molecule has 0 aliphatic carbocycles. The van der Waals surface area contributed by atoms with Gasteiger partial charge < -0.3 is 15.9 Å². The summed E-state index contributed by atoms with van der Waals surface area (Å²) in [7, 11) is -3.69. The first-order chi connectivity index (χ1) is 17.9. The molecule has 0 fully saturated rings. The highest BCUT2D eigenvalue weighted by Gasteiger charge is 2.36. The van der Waals surface area contributed by atoms with Gasteiger partial charge in [-0.3, -0.25) is 0 Å². The number of hydrogen-bond acceptors (Lipinski definition) is 8. The Morgan fingerprint density at radius 1 is 1.18 bits per heavy atom. The number of aliphatic hydroxyl groups excluding tert-OH is 1. The van der Waals surface area contributed by atoms with Crippen LogP contribution in [0.1, 0.15) is 29.9 Å². The number of nitrogens with two attached hydrogens (primary N) is 1. The van der Waals surface area contributed by atoms with Crippen LogP contribution in [0, 0.1) is 0 Å². The molecule has 0 aliphatic heterocycles. The highest BCUT2D eigenvalue weighted by molar-refractivity contribution is 7.91. The van der Waals surface area contributed by atoms with Gasteiger partial charge in [0.2, 0.25) is 0 Å². The van der Waals surface area contributed by atoms with Crippen LogP contribution in [0.15, 0.2) is 46.8 Å². The van der Waals surface area contributed by atoms with E-state index < -0.39 is 39.0 Å². The maximum absolute atomic E-state index is 13.2. The Bertz CT molecular complexity index is 1600. The Morgan fingerprint density at radius 2 is 1.79 bits per heavy atom. The smallest absolute Gasteiger partial charge is 0.433 e. The van der Waals surface area contributed by atoms with Gasteiger partial charge in [0.05, 0.1) is 29.7 Å². The van der Waals surface area contributed by atoms with Gasteiger partial charge in [-0.1, -0.05) is 35.3 Å². The zero-order valence-corrected chi connectivity index (χ0v) is 23.1. The van der Waals surface area contributed by atoms with E-state index >= 15 is 0 Å². The third kappa shape index (κ3) is 7.17. The number of aliphatic hydroxyl groups is 1. The Morgan fingerprint density at radius 3 is 2.28 bits per heavy atom. The molecule has 0 atom stereocenters. The Hall–Kier alpha value is -2.95. The molecule has 0 spiro atoms. The van der Waals surface area contributed by atoms with Crippen LogP contribution < -0.4 is 10.5 Å². The van der Waals surface area contributed by atoms with Crippen LogP contribution in [-0.2, 0) is 16.2 Å². The lowest BCUT2D eigenvalue weighted by Gasteiger charge is -2.22. The number of nitrogen functional groups attached to an aromatic ring is 1. The van der Waals surface area contributed by atoms with Gasteiger partial charge in [-0.15, -0.1) is 11.3 Å². The standard InChI is InChI=1S/C14H7ClF3N3O2.C8H13ClN2O3S2/c15-8-3-1-7(2-4-8)10-5-11(14(16,17)18)21-12(20-10)9(6-19-21)13(22)23;1-8(2,4-12)11-16(13,14)6-3-5(10)7(9)15-6/h1-6H,(H,22,23);3,11-12H,4,10H2,1-2H3. The van der Waals surface area contributed by atoms with Gasteiger partial charge in [-0.2, -0.15) is 18.3 Å². The highest BCUT2D eigenvalue weighted by atomic mass is 35.5. The molecule has 0 radical (unpaired) electrons. The molecular weight excluding hydrogens is 606 g/mol. The molecule has 0 saturated heterocycles. The van der Waals surface area contributed by atoms with Crippen molar-refractivity contribution in [3.8, 4) is 11.3 Å². The van der Waals surface area contributed by atoms with Crippen molar-refractivity contribution in [1.29, 1.82) is 0 Å². The number of hydrogen-bond donors (Lipinski definition) is 4. The minimum absolute atomic E-state index is 0.0236. The van der Waals surface area contributed by atoms with E-state index in [1.807, 2.05) is 0 Å². The topological polar surface area (TPSA) is 160 Å². The van der Waals surface area contributed by atoms with Crippen LogP contribution in [0.5, 0.6) is 0 Å². The van der Waals surface area contributed by atoms with Gasteiger partial charge in [0, 0.05) is 10.6 Å². The quantitative estimate of drug-likeness (QED) is 0.238. The van der Waals surface area contributed by atoms with Crippen LogP contribution in [-0.4, -0.2) is 51.3 Å². The molecule has 0 amide bonds. The number of halogens is 5. The third-order valence-electron chi connectivity index (χ3n) is 4.89. The summed E-state index contributed by atoms with van der Waals surface area (Å²) in [6, 6.07) is 8.11. The van der Waals surface area contributed by atoms with Crippen LogP contribution in [0.2, 0.25) is 9.36 Å². The molecule has 0 unspecified atom stereocenters. The normalized spacial score (nSPS) is 12.3. The summed E-state index contributed by atoms with van der Waals surface area (Å²) >= 11 is 12.3. The van der Waals surface area contributed by atoms with Crippen molar-refractivity contribution < 1.29 is 36.6 Å². The Balaban J connectivity index is 0.000000231. The Kier molecular flexibility index (Phi) is 8.84. The fourth-order valence-electron chi connectivity index (χ4n) is 3.02. The Labute approximate surface area is 233 Å². The first kappa shape index (κ1) is 30.6. The molecule has 0 saturated carbocycles. The molecule has 1 aromatic carbocycles. The average Bonchev–Trinajstić information content (AvgIpc) is 3.41. The zero-order valence-electron chi connectivity index (χ0n) is 20.0. The van der Waals surface area contributed by atoms with Crippen molar-refractivity contribution in [3.05, 3.63) is 63.2 Å². The molecule has 3 heterocycles. The van der Waals surface area contributed by atoms with Crippen LogP contribution >= 0.6 is 34.5 Å². The van der Waals surface area contributed by atoms with Gasteiger partial charge in [0.1, 0.15) is 14.1 Å². The fraction of sp³-hybridized carbons (Fsp3) is 0.227. The van der Waals surface area contributed by atoms with Gasteiger partial charge in [-0.25, -0.2) is 27.4 Å². The second kappa shape index (κ2) is 11.3. The van der Waals surface area contributed by atoms with Crippen molar-refractivity contribution in [2.45, 2.75) is 29.8 Å². The van der Waals surface area contributed by atoms with Crippen LogP contribution in [0.25, 0.3) is 16.9 Å².